The van der Waals surface area contributed by atoms with Gasteiger partial charge in [0, 0.05) is 0 Å². The number of carbonyl (C=O) groups excluding carboxylic acids is 1. The van der Waals surface area contributed by atoms with E-state index < -0.39 is 41.3 Å². The normalized spacial score (nSPS) is 41.9. The van der Waals surface area contributed by atoms with Crippen molar-refractivity contribution < 1.29 is 24.9 Å². The first-order chi connectivity index (χ1) is 12.8. The van der Waals surface area contributed by atoms with Crippen LogP contribution in [0.2, 0.25) is 0 Å². The van der Waals surface area contributed by atoms with Crippen molar-refractivity contribution in [2.45, 2.75) is 79.9 Å². The number of rotatable bonds is 7. The SMILES string of the molecule is CS[C@H]1O[C@H](C(NC(=O)C2CC(CC3CC3)CN2)C(C)Cl)[C@H](O)[C@H](O)[C@H]1O. The number of carbonyl (C=O) groups is 1. The molecule has 9 atom stereocenters. The van der Waals surface area contributed by atoms with Crippen molar-refractivity contribution in [1.82, 2.24) is 10.6 Å². The fourth-order valence-corrected chi connectivity index (χ4v) is 4.99. The van der Waals surface area contributed by atoms with Crippen LogP contribution in [-0.2, 0) is 9.53 Å². The van der Waals surface area contributed by atoms with Gasteiger partial charge >= 0.3 is 0 Å². The van der Waals surface area contributed by atoms with E-state index in [9.17, 15) is 20.1 Å². The average molecular weight is 423 g/mol. The van der Waals surface area contributed by atoms with Gasteiger partial charge in [0.2, 0.25) is 5.91 Å². The number of nitrogens with one attached hydrogen (secondary N) is 2. The number of hydrogen-bond donors (Lipinski definition) is 5. The fraction of sp³-hybridized carbons (Fsp3) is 0.944. The van der Waals surface area contributed by atoms with E-state index in [-0.39, 0.29) is 11.9 Å². The molecule has 1 aliphatic carbocycles. The molecule has 27 heavy (non-hydrogen) atoms. The largest absolute Gasteiger partial charge is 0.388 e. The third-order valence-electron chi connectivity index (χ3n) is 5.90. The lowest BCUT2D eigenvalue weighted by Crippen LogP contribution is -2.65. The predicted molar refractivity (Wildman–Crippen MR) is 105 cm³/mol. The minimum absolute atomic E-state index is 0.164. The van der Waals surface area contributed by atoms with E-state index in [1.165, 1.54) is 31.0 Å². The van der Waals surface area contributed by atoms with Crippen molar-refractivity contribution in [3.63, 3.8) is 0 Å². The molecule has 0 bridgehead atoms. The molecule has 156 valence electrons. The number of thioether (sulfide) groups is 1. The van der Waals surface area contributed by atoms with E-state index in [1.54, 1.807) is 13.2 Å². The summed E-state index contributed by atoms with van der Waals surface area (Å²) in [7, 11) is 0. The van der Waals surface area contributed by atoms with Gasteiger partial charge in [-0.05, 0) is 44.4 Å². The van der Waals surface area contributed by atoms with Gasteiger partial charge in [0.25, 0.3) is 0 Å². The summed E-state index contributed by atoms with van der Waals surface area (Å²) in [5.41, 5.74) is -0.698. The van der Waals surface area contributed by atoms with Gasteiger partial charge in [-0.25, -0.2) is 0 Å². The van der Waals surface area contributed by atoms with E-state index in [2.05, 4.69) is 10.6 Å². The molecule has 3 fully saturated rings. The van der Waals surface area contributed by atoms with E-state index in [0.29, 0.717) is 5.92 Å². The molecule has 2 aliphatic heterocycles. The van der Waals surface area contributed by atoms with Crippen molar-refractivity contribution in [1.29, 1.82) is 0 Å². The highest BCUT2D eigenvalue weighted by molar-refractivity contribution is 7.99. The molecular formula is C18H31ClN2O5S. The van der Waals surface area contributed by atoms with Gasteiger partial charge in [0.05, 0.1) is 17.5 Å². The zero-order valence-electron chi connectivity index (χ0n) is 15.8. The Bertz CT molecular complexity index is 522. The van der Waals surface area contributed by atoms with Crippen LogP contribution in [0, 0.1) is 11.8 Å². The zero-order valence-corrected chi connectivity index (χ0v) is 17.3. The van der Waals surface area contributed by atoms with Gasteiger partial charge < -0.3 is 30.7 Å². The number of amides is 1. The third kappa shape index (κ3) is 5.10. The molecular weight excluding hydrogens is 392 g/mol. The number of aliphatic hydroxyl groups excluding tert-OH is 3. The standard InChI is InChI=1S/C18H31ClN2O5S/c1-8(19)12(16-14(23)13(22)15(24)18(26-16)27-2)21-17(25)11-6-10(7-20-11)5-9-3-4-9/h8-16,18,20,22-24H,3-7H2,1-2H3,(H,21,25)/t8?,10?,11?,12?,13-,14+,15+,16+,18+/m0/s1. The average Bonchev–Trinajstić information content (AvgIpc) is 3.32. The Labute approximate surface area is 169 Å². The smallest absolute Gasteiger partial charge is 0.237 e. The highest BCUT2D eigenvalue weighted by Gasteiger charge is 2.48. The Morgan fingerprint density at radius 2 is 1.96 bits per heavy atom. The van der Waals surface area contributed by atoms with E-state index in [1.807, 2.05) is 0 Å². The molecule has 2 heterocycles. The molecule has 7 nitrogen and oxygen atoms in total. The molecule has 0 aromatic heterocycles. The van der Waals surface area contributed by atoms with Crippen molar-refractivity contribution in [2.75, 3.05) is 12.8 Å². The first-order valence-electron chi connectivity index (χ1n) is 9.72. The first kappa shape index (κ1) is 21.6. The van der Waals surface area contributed by atoms with Gasteiger partial charge in [-0.15, -0.1) is 23.4 Å². The molecule has 1 saturated carbocycles. The Morgan fingerprint density at radius 1 is 1.26 bits per heavy atom. The minimum Gasteiger partial charge on any atom is -0.388 e. The number of hydrogen-bond acceptors (Lipinski definition) is 7. The van der Waals surface area contributed by atoms with Crippen LogP contribution in [-0.4, -0.2) is 81.3 Å². The third-order valence-corrected chi connectivity index (χ3v) is 7.02. The molecule has 5 N–H and O–H groups in total. The molecule has 0 radical (unpaired) electrons. The fourth-order valence-electron chi connectivity index (χ4n) is 4.10. The molecule has 9 heteroatoms. The van der Waals surface area contributed by atoms with Gasteiger partial charge in [-0.1, -0.05) is 12.8 Å². The zero-order chi connectivity index (χ0) is 19.7. The van der Waals surface area contributed by atoms with Crippen LogP contribution in [0.1, 0.15) is 32.6 Å². The maximum atomic E-state index is 12.8. The van der Waals surface area contributed by atoms with E-state index in [0.717, 1.165) is 18.9 Å². The summed E-state index contributed by atoms with van der Waals surface area (Å²) in [6, 6.07) is -0.963. The number of alkyl halides is 1. The molecule has 3 rings (SSSR count). The summed E-state index contributed by atoms with van der Waals surface area (Å²) in [4.78, 5) is 12.8. The highest BCUT2D eigenvalue weighted by Crippen LogP contribution is 2.37. The summed E-state index contributed by atoms with van der Waals surface area (Å²) in [5.74, 6) is 1.19. The van der Waals surface area contributed by atoms with Crippen LogP contribution in [0.4, 0.5) is 0 Å². The predicted octanol–water partition coefficient (Wildman–Crippen LogP) is 0.0473. The molecule has 0 spiro atoms. The van der Waals surface area contributed by atoms with Gasteiger partial charge in [0.15, 0.2) is 0 Å². The van der Waals surface area contributed by atoms with Crippen molar-refractivity contribution in [2.24, 2.45) is 11.8 Å². The van der Waals surface area contributed by atoms with E-state index >= 15 is 0 Å². The second kappa shape index (κ2) is 9.15. The van der Waals surface area contributed by atoms with Crippen LogP contribution in [0.3, 0.4) is 0 Å². The Hall–Kier alpha value is -0.0900. The van der Waals surface area contributed by atoms with Crippen LogP contribution >= 0.6 is 23.4 Å². The molecule has 4 unspecified atom stereocenters. The Morgan fingerprint density at radius 3 is 2.56 bits per heavy atom. The van der Waals surface area contributed by atoms with Crippen LogP contribution in [0.25, 0.3) is 0 Å². The molecule has 0 aromatic rings. The second-order valence-corrected chi connectivity index (χ2v) is 9.75. The maximum Gasteiger partial charge on any atom is 0.237 e. The summed E-state index contributed by atoms with van der Waals surface area (Å²) in [6.07, 6.45) is 1.54. The van der Waals surface area contributed by atoms with Crippen LogP contribution in [0.15, 0.2) is 0 Å². The van der Waals surface area contributed by atoms with Crippen LogP contribution in [0.5, 0.6) is 0 Å². The second-order valence-electron chi connectivity index (χ2n) is 8.13. The quantitative estimate of drug-likeness (QED) is 0.368. The molecule has 2 saturated heterocycles. The number of aliphatic hydroxyl groups is 3. The minimum atomic E-state index is -1.36. The molecule has 1 amide bonds. The summed E-state index contributed by atoms with van der Waals surface area (Å²) < 4.78 is 5.78. The maximum absolute atomic E-state index is 12.8. The number of ether oxygens (including phenoxy) is 1. The molecule has 0 aromatic carbocycles. The summed E-state index contributed by atoms with van der Waals surface area (Å²) in [5, 5.41) is 36.2. The Kier molecular flexibility index (Phi) is 7.33. The Balaban J connectivity index is 1.62. The van der Waals surface area contributed by atoms with Crippen molar-refractivity contribution in [3.8, 4) is 0 Å². The lowest BCUT2D eigenvalue weighted by Gasteiger charge is -2.44. The number of halogens is 1. The first-order valence-corrected chi connectivity index (χ1v) is 11.4. The highest BCUT2D eigenvalue weighted by atomic mass is 35.5. The lowest BCUT2D eigenvalue weighted by atomic mass is 9.92. The van der Waals surface area contributed by atoms with Crippen molar-refractivity contribution in [3.05, 3.63) is 0 Å². The van der Waals surface area contributed by atoms with Crippen LogP contribution < -0.4 is 10.6 Å². The lowest BCUT2D eigenvalue weighted by molar-refractivity contribution is -0.205. The van der Waals surface area contributed by atoms with Crippen molar-refractivity contribution >= 4 is 29.3 Å². The van der Waals surface area contributed by atoms with Gasteiger partial charge in [-0.3, -0.25) is 4.79 Å². The molecule has 3 aliphatic rings. The van der Waals surface area contributed by atoms with E-state index in [4.69, 9.17) is 16.3 Å². The monoisotopic (exact) mass is 422 g/mol. The summed E-state index contributed by atoms with van der Waals surface area (Å²) >= 11 is 7.53. The topological polar surface area (TPSA) is 111 Å². The summed E-state index contributed by atoms with van der Waals surface area (Å²) in [6.45, 7) is 2.56. The van der Waals surface area contributed by atoms with Gasteiger partial charge in [-0.2, -0.15) is 0 Å². The van der Waals surface area contributed by atoms with Gasteiger partial charge in [0.1, 0.15) is 29.9 Å².